The van der Waals surface area contributed by atoms with E-state index in [-0.39, 0.29) is 17.8 Å². The fourth-order valence-electron chi connectivity index (χ4n) is 3.70. The summed E-state index contributed by atoms with van der Waals surface area (Å²) in [6.45, 7) is 3.25. The molecule has 3 aromatic heterocycles. The molecule has 0 bridgehead atoms. The van der Waals surface area contributed by atoms with Crippen LogP contribution in [0.2, 0.25) is 0 Å². The quantitative estimate of drug-likeness (QED) is 0.680. The van der Waals surface area contributed by atoms with E-state index in [2.05, 4.69) is 26.3 Å². The minimum absolute atomic E-state index is 0.108. The molecule has 30 heavy (non-hydrogen) atoms. The molecule has 0 aromatic carbocycles. The summed E-state index contributed by atoms with van der Waals surface area (Å²) in [4.78, 5) is 31.5. The Balaban J connectivity index is 1.67. The highest BCUT2D eigenvalue weighted by Gasteiger charge is 2.26. The minimum Gasteiger partial charge on any atom is -0.480 e. The monoisotopic (exact) mass is 406 g/mol. The number of ether oxygens (including phenoxy) is 1. The van der Waals surface area contributed by atoms with Crippen LogP contribution in [-0.2, 0) is 11.8 Å². The first-order chi connectivity index (χ1) is 14.5. The van der Waals surface area contributed by atoms with Crippen molar-refractivity contribution in [1.82, 2.24) is 29.4 Å². The lowest BCUT2D eigenvalue weighted by Crippen LogP contribution is -2.31. The number of aryl methyl sites for hydroxylation is 1. The summed E-state index contributed by atoms with van der Waals surface area (Å²) in [5, 5.41) is 12.8. The predicted octanol–water partition coefficient (Wildman–Crippen LogP) is 1.73. The van der Waals surface area contributed by atoms with Gasteiger partial charge in [-0.15, -0.1) is 0 Å². The second-order valence-corrected chi connectivity index (χ2v) is 7.10. The summed E-state index contributed by atoms with van der Waals surface area (Å²) < 4.78 is 6.96. The number of imidazole rings is 1. The first-order valence-corrected chi connectivity index (χ1v) is 9.72. The number of aromatic nitrogens is 5. The number of nitrogens with one attached hydrogen (secondary N) is 1. The van der Waals surface area contributed by atoms with E-state index in [1.807, 2.05) is 23.4 Å². The number of carbonyl (C=O) groups excluding carboxylic acids is 1. The van der Waals surface area contributed by atoms with Crippen LogP contribution >= 0.6 is 0 Å². The number of pyridine rings is 1. The topological polar surface area (TPSA) is 122 Å². The molecule has 0 unspecified atom stereocenters. The second kappa shape index (κ2) is 7.94. The molecule has 10 nitrogen and oxygen atoms in total. The highest BCUT2D eigenvalue weighted by molar-refractivity contribution is 5.86. The molecule has 0 radical (unpaired) electrons. The van der Waals surface area contributed by atoms with Crippen molar-refractivity contribution in [3.8, 4) is 23.3 Å². The number of nitriles is 1. The minimum atomic E-state index is 0.108. The van der Waals surface area contributed by atoms with Crippen molar-refractivity contribution in [2.45, 2.75) is 25.8 Å². The van der Waals surface area contributed by atoms with Gasteiger partial charge in [0.25, 0.3) is 0 Å². The average molecular weight is 406 g/mol. The third-order valence-electron chi connectivity index (χ3n) is 5.26. The van der Waals surface area contributed by atoms with E-state index in [4.69, 9.17) is 9.72 Å². The first kappa shape index (κ1) is 19.6. The Hall–Kier alpha value is -3.74. The van der Waals surface area contributed by atoms with Gasteiger partial charge in [-0.3, -0.25) is 4.79 Å². The lowest BCUT2D eigenvalue weighted by atomic mass is 10.2. The number of carbonyl (C=O) groups is 1. The average Bonchev–Trinajstić information content (AvgIpc) is 3.38. The van der Waals surface area contributed by atoms with Crippen LogP contribution in [0.4, 0.5) is 5.82 Å². The molecule has 1 aliphatic heterocycles. The summed E-state index contributed by atoms with van der Waals surface area (Å²) in [5.41, 5.74) is 2.30. The van der Waals surface area contributed by atoms with E-state index in [9.17, 15) is 10.1 Å². The molecule has 0 saturated carbocycles. The van der Waals surface area contributed by atoms with Gasteiger partial charge in [0.1, 0.15) is 23.8 Å². The highest BCUT2D eigenvalue weighted by Crippen LogP contribution is 2.28. The van der Waals surface area contributed by atoms with Crippen LogP contribution in [0.15, 0.2) is 18.6 Å². The third-order valence-corrected chi connectivity index (χ3v) is 5.26. The van der Waals surface area contributed by atoms with E-state index < -0.39 is 0 Å². The van der Waals surface area contributed by atoms with Crippen molar-refractivity contribution in [1.29, 1.82) is 5.26 Å². The molecule has 1 N–H and O–H groups in total. The number of nitrogens with zero attached hydrogens (tertiary/aromatic N) is 7. The Kier molecular flexibility index (Phi) is 5.18. The molecule has 0 spiro atoms. The third kappa shape index (κ3) is 3.39. The fourth-order valence-corrected chi connectivity index (χ4v) is 3.70. The zero-order valence-electron chi connectivity index (χ0n) is 17.1. The van der Waals surface area contributed by atoms with Gasteiger partial charge in [-0.1, -0.05) is 6.92 Å². The molecule has 154 valence electrons. The maximum atomic E-state index is 11.9. The summed E-state index contributed by atoms with van der Waals surface area (Å²) in [6.07, 6.45) is 4.47. The SMILES string of the molecule is CCC(=O)N1CC[C@H](Nc2ncnc3c2nc(-c2cnc(OC)c(C#N)c2)n3C)C1. The van der Waals surface area contributed by atoms with Gasteiger partial charge in [-0.2, -0.15) is 5.26 Å². The number of likely N-dealkylation sites (tertiary alicyclic amines) is 1. The van der Waals surface area contributed by atoms with Gasteiger partial charge in [-0.25, -0.2) is 19.9 Å². The molecule has 4 heterocycles. The van der Waals surface area contributed by atoms with Crippen LogP contribution in [0.1, 0.15) is 25.3 Å². The van der Waals surface area contributed by atoms with Crippen molar-refractivity contribution < 1.29 is 9.53 Å². The predicted molar refractivity (Wildman–Crippen MR) is 110 cm³/mol. The molecule has 1 saturated heterocycles. The van der Waals surface area contributed by atoms with E-state index in [0.717, 1.165) is 13.0 Å². The summed E-state index contributed by atoms with van der Waals surface area (Å²) >= 11 is 0. The van der Waals surface area contributed by atoms with Crippen LogP contribution in [0, 0.1) is 11.3 Å². The Bertz CT molecular complexity index is 1150. The molecule has 3 aromatic rings. The number of rotatable bonds is 5. The van der Waals surface area contributed by atoms with Crippen LogP contribution in [0.25, 0.3) is 22.6 Å². The molecular weight excluding hydrogens is 384 g/mol. The van der Waals surface area contributed by atoms with Gasteiger partial charge in [0.05, 0.1) is 7.11 Å². The van der Waals surface area contributed by atoms with E-state index >= 15 is 0 Å². The normalized spacial score (nSPS) is 15.9. The number of amides is 1. The molecule has 1 atom stereocenters. The molecule has 1 aliphatic rings. The lowest BCUT2D eigenvalue weighted by molar-refractivity contribution is -0.129. The summed E-state index contributed by atoms with van der Waals surface area (Å²) in [6, 6.07) is 3.89. The molecule has 1 amide bonds. The summed E-state index contributed by atoms with van der Waals surface area (Å²) in [5.74, 6) is 1.68. The van der Waals surface area contributed by atoms with Gasteiger partial charge >= 0.3 is 0 Å². The van der Waals surface area contributed by atoms with Crippen molar-refractivity contribution >= 4 is 22.9 Å². The second-order valence-electron chi connectivity index (χ2n) is 7.10. The number of hydrogen-bond donors (Lipinski definition) is 1. The largest absolute Gasteiger partial charge is 0.480 e. The zero-order valence-corrected chi connectivity index (χ0v) is 17.1. The maximum absolute atomic E-state index is 11.9. The Morgan fingerprint density at radius 3 is 2.97 bits per heavy atom. The Labute approximate surface area is 173 Å². The first-order valence-electron chi connectivity index (χ1n) is 9.72. The standard InChI is InChI=1S/C20H22N8O2/c1-4-15(29)28-6-5-14(10-28)25-17-16-19(24-11-23-17)27(2)18(26-16)13-7-12(8-21)20(30-3)22-9-13/h7,9,11,14H,4-6,10H2,1-3H3,(H,23,24,25)/t14-/m0/s1. The molecule has 1 fully saturated rings. The fraction of sp³-hybridized carbons (Fsp3) is 0.400. The molecule has 10 heteroatoms. The van der Waals surface area contributed by atoms with Crippen LogP contribution in [0.5, 0.6) is 5.88 Å². The number of fused-ring (bicyclic) bond motifs is 1. The van der Waals surface area contributed by atoms with Crippen LogP contribution < -0.4 is 10.1 Å². The van der Waals surface area contributed by atoms with Crippen molar-refractivity contribution in [2.75, 3.05) is 25.5 Å². The van der Waals surface area contributed by atoms with Gasteiger partial charge in [-0.05, 0) is 12.5 Å². The molecule has 4 rings (SSSR count). The number of anilines is 1. The maximum Gasteiger partial charge on any atom is 0.231 e. The van der Waals surface area contributed by atoms with Gasteiger partial charge in [0, 0.05) is 44.4 Å². The zero-order chi connectivity index (χ0) is 21.3. The van der Waals surface area contributed by atoms with Crippen molar-refractivity contribution in [3.05, 3.63) is 24.2 Å². The van der Waals surface area contributed by atoms with Crippen LogP contribution in [-0.4, -0.2) is 61.6 Å². The van der Waals surface area contributed by atoms with Gasteiger partial charge in [0.2, 0.25) is 11.8 Å². The smallest absolute Gasteiger partial charge is 0.231 e. The molecular formula is C20H22N8O2. The van der Waals surface area contributed by atoms with Gasteiger partial charge in [0.15, 0.2) is 17.0 Å². The Morgan fingerprint density at radius 1 is 1.40 bits per heavy atom. The Morgan fingerprint density at radius 2 is 2.23 bits per heavy atom. The van der Waals surface area contributed by atoms with E-state index in [0.29, 0.717) is 46.9 Å². The highest BCUT2D eigenvalue weighted by atomic mass is 16.5. The van der Waals surface area contributed by atoms with E-state index in [1.165, 1.54) is 13.4 Å². The van der Waals surface area contributed by atoms with Crippen molar-refractivity contribution in [2.24, 2.45) is 7.05 Å². The van der Waals surface area contributed by atoms with Crippen LogP contribution in [0.3, 0.4) is 0 Å². The summed E-state index contributed by atoms with van der Waals surface area (Å²) in [7, 11) is 3.33. The van der Waals surface area contributed by atoms with E-state index in [1.54, 1.807) is 12.3 Å². The number of hydrogen-bond acceptors (Lipinski definition) is 8. The van der Waals surface area contributed by atoms with Crippen molar-refractivity contribution in [3.63, 3.8) is 0 Å². The molecule has 0 aliphatic carbocycles. The lowest BCUT2D eigenvalue weighted by Gasteiger charge is -2.16. The number of methoxy groups -OCH3 is 1. The van der Waals surface area contributed by atoms with Gasteiger partial charge < -0.3 is 19.5 Å².